The summed E-state index contributed by atoms with van der Waals surface area (Å²) in [6.07, 6.45) is 0. The van der Waals surface area contributed by atoms with Crippen molar-refractivity contribution in [2.45, 2.75) is 6.92 Å². The van der Waals surface area contributed by atoms with Crippen LogP contribution in [0.3, 0.4) is 0 Å². The quantitative estimate of drug-likeness (QED) is 0.361. The van der Waals surface area contributed by atoms with Gasteiger partial charge in [-0.3, -0.25) is 14.9 Å². The second-order valence-corrected chi connectivity index (χ2v) is 5.20. The Bertz CT molecular complexity index is 771. The van der Waals surface area contributed by atoms with Crippen molar-refractivity contribution in [2.24, 2.45) is 0 Å². The van der Waals surface area contributed by atoms with Gasteiger partial charge in [-0.1, -0.05) is 23.7 Å². The maximum absolute atomic E-state index is 12.0. The zero-order valence-electron chi connectivity index (χ0n) is 12.1. The van der Waals surface area contributed by atoms with E-state index < -0.39 is 23.3 Å². The van der Waals surface area contributed by atoms with Crippen LogP contribution in [0.1, 0.15) is 26.3 Å². The molecule has 0 aliphatic heterocycles. The first-order valence-electron chi connectivity index (χ1n) is 6.59. The number of nitro groups is 1. The maximum Gasteiger partial charge on any atom is 0.338 e. The smallest absolute Gasteiger partial charge is 0.338 e. The van der Waals surface area contributed by atoms with E-state index in [4.69, 9.17) is 16.3 Å². The highest BCUT2D eigenvalue weighted by atomic mass is 35.5. The molecule has 118 valence electrons. The third-order valence-electron chi connectivity index (χ3n) is 3.14. The van der Waals surface area contributed by atoms with E-state index in [2.05, 4.69) is 0 Å². The molecule has 0 heterocycles. The predicted molar refractivity (Wildman–Crippen MR) is 83.9 cm³/mol. The minimum atomic E-state index is -0.670. The van der Waals surface area contributed by atoms with Crippen LogP contribution in [-0.2, 0) is 4.74 Å². The lowest BCUT2D eigenvalue weighted by atomic mass is 10.1. The van der Waals surface area contributed by atoms with Crippen molar-refractivity contribution in [3.63, 3.8) is 0 Å². The number of Topliss-reactive ketones (excluding diaryl/α,β-unsaturated/α-hetero) is 1. The first-order chi connectivity index (χ1) is 10.9. The van der Waals surface area contributed by atoms with Crippen LogP contribution < -0.4 is 0 Å². The van der Waals surface area contributed by atoms with Gasteiger partial charge in [0.1, 0.15) is 0 Å². The highest BCUT2D eigenvalue weighted by Gasteiger charge is 2.16. The number of esters is 1. The van der Waals surface area contributed by atoms with Crippen molar-refractivity contribution < 1.29 is 19.2 Å². The molecule has 0 fully saturated rings. The standard InChI is InChI=1S/C16H12ClNO5/c1-10-2-3-12(8-14(10)18(21)22)15(19)9-23-16(20)11-4-6-13(17)7-5-11/h2-8H,9H2,1H3. The summed E-state index contributed by atoms with van der Waals surface area (Å²) in [4.78, 5) is 34.1. The van der Waals surface area contributed by atoms with Gasteiger partial charge in [0.25, 0.3) is 5.69 Å². The lowest BCUT2D eigenvalue weighted by Gasteiger charge is -2.05. The summed E-state index contributed by atoms with van der Waals surface area (Å²) in [6.45, 7) is 1.08. The molecule has 0 bridgehead atoms. The SMILES string of the molecule is Cc1ccc(C(=O)COC(=O)c2ccc(Cl)cc2)cc1[N+](=O)[O-]. The van der Waals surface area contributed by atoms with Crippen molar-refractivity contribution in [1.29, 1.82) is 0 Å². The number of hydrogen-bond acceptors (Lipinski definition) is 5. The Morgan fingerprint density at radius 2 is 1.74 bits per heavy atom. The molecule has 7 heteroatoms. The number of benzene rings is 2. The first kappa shape index (κ1) is 16.6. The average Bonchev–Trinajstić information content (AvgIpc) is 2.53. The molecule has 2 aromatic rings. The van der Waals surface area contributed by atoms with E-state index in [1.54, 1.807) is 6.92 Å². The Morgan fingerprint density at radius 3 is 2.35 bits per heavy atom. The lowest BCUT2D eigenvalue weighted by Crippen LogP contribution is -2.14. The number of aryl methyl sites for hydroxylation is 1. The Balaban J connectivity index is 2.05. The van der Waals surface area contributed by atoms with Crippen LogP contribution in [-0.4, -0.2) is 23.3 Å². The summed E-state index contributed by atoms with van der Waals surface area (Å²) in [5, 5.41) is 11.3. The van der Waals surface area contributed by atoms with Gasteiger partial charge in [0.2, 0.25) is 5.78 Å². The van der Waals surface area contributed by atoms with Gasteiger partial charge in [0, 0.05) is 22.2 Å². The van der Waals surface area contributed by atoms with Gasteiger partial charge in [-0.05, 0) is 31.2 Å². The summed E-state index contributed by atoms with van der Waals surface area (Å²) in [7, 11) is 0. The highest BCUT2D eigenvalue weighted by Crippen LogP contribution is 2.19. The van der Waals surface area contributed by atoms with E-state index in [0.29, 0.717) is 10.6 Å². The van der Waals surface area contributed by atoms with Gasteiger partial charge < -0.3 is 4.74 Å². The summed E-state index contributed by atoms with van der Waals surface area (Å²) in [6, 6.07) is 10.1. The zero-order chi connectivity index (χ0) is 17.0. The molecule has 0 saturated carbocycles. The van der Waals surface area contributed by atoms with Gasteiger partial charge >= 0.3 is 5.97 Å². The third-order valence-corrected chi connectivity index (χ3v) is 3.39. The molecule has 0 unspecified atom stereocenters. The number of rotatable bonds is 5. The van der Waals surface area contributed by atoms with Gasteiger partial charge in [-0.2, -0.15) is 0 Å². The molecule has 0 spiro atoms. The number of halogens is 1. The Morgan fingerprint density at radius 1 is 1.13 bits per heavy atom. The monoisotopic (exact) mass is 333 g/mol. The topological polar surface area (TPSA) is 86.5 Å². The van der Waals surface area contributed by atoms with E-state index in [-0.39, 0.29) is 16.8 Å². The van der Waals surface area contributed by atoms with Crippen LogP contribution in [0.5, 0.6) is 0 Å². The highest BCUT2D eigenvalue weighted by molar-refractivity contribution is 6.30. The van der Waals surface area contributed by atoms with Crippen LogP contribution in [0.15, 0.2) is 42.5 Å². The van der Waals surface area contributed by atoms with Crippen LogP contribution in [0.25, 0.3) is 0 Å². The van der Waals surface area contributed by atoms with Gasteiger partial charge in [-0.25, -0.2) is 4.79 Å². The van der Waals surface area contributed by atoms with E-state index >= 15 is 0 Å². The Labute approximate surface area is 136 Å². The van der Waals surface area contributed by atoms with Crippen molar-refractivity contribution in [3.05, 3.63) is 74.3 Å². The van der Waals surface area contributed by atoms with Gasteiger partial charge in [-0.15, -0.1) is 0 Å². The fraction of sp³-hybridized carbons (Fsp3) is 0.125. The van der Waals surface area contributed by atoms with Gasteiger partial charge in [0.15, 0.2) is 6.61 Å². The van der Waals surface area contributed by atoms with Crippen molar-refractivity contribution in [3.8, 4) is 0 Å². The largest absolute Gasteiger partial charge is 0.454 e. The molecule has 2 aromatic carbocycles. The zero-order valence-corrected chi connectivity index (χ0v) is 12.9. The van der Waals surface area contributed by atoms with Crippen LogP contribution in [0.4, 0.5) is 5.69 Å². The van der Waals surface area contributed by atoms with Crippen LogP contribution >= 0.6 is 11.6 Å². The molecule has 0 aliphatic rings. The Kier molecular flexibility index (Phi) is 5.08. The second-order valence-electron chi connectivity index (χ2n) is 4.76. The molecule has 6 nitrogen and oxygen atoms in total. The number of nitrogens with zero attached hydrogens (tertiary/aromatic N) is 1. The number of ether oxygens (including phenoxy) is 1. The molecule has 0 saturated heterocycles. The van der Waals surface area contributed by atoms with Crippen LogP contribution in [0, 0.1) is 17.0 Å². The Hall–Kier alpha value is -2.73. The fourth-order valence-electron chi connectivity index (χ4n) is 1.86. The fourth-order valence-corrected chi connectivity index (χ4v) is 1.99. The number of nitro benzene ring substituents is 1. The number of carbonyl (C=O) groups excluding carboxylic acids is 2. The summed E-state index contributed by atoms with van der Waals surface area (Å²) in [5.74, 6) is -1.19. The minimum Gasteiger partial charge on any atom is -0.454 e. The van der Waals surface area contributed by atoms with E-state index in [1.165, 1.54) is 42.5 Å². The average molecular weight is 334 g/mol. The number of carbonyl (C=O) groups is 2. The molecule has 0 aliphatic carbocycles. The number of ketones is 1. The van der Waals surface area contributed by atoms with E-state index in [1.807, 2.05) is 0 Å². The van der Waals surface area contributed by atoms with Crippen molar-refractivity contribution in [2.75, 3.05) is 6.61 Å². The molecule has 23 heavy (non-hydrogen) atoms. The molecule has 0 amide bonds. The lowest BCUT2D eigenvalue weighted by molar-refractivity contribution is -0.385. The maximum atomic E-state index is 12.0. The number of hydrogen-bond donors (Lipinski definition) is 0. The first-order valence-corrected chi connectivity index (χ1v) is 6.97. The summed E-state index contributed by atoms with van der Waals surface area (Å²) >= 11 is 5.72. The van der Waals surface area contributed by atoms with Gasteiger partial charge in [0.05, 0.1) is 10.5 Å². The summed E-state index contributed by atoms with van der Waals surface area (Å²) in [5.41, 5.74) is 0.674. The van der Waals surface area contributed by atoms with E-state index in [0.717, 1.165) is 0 Å². The van der Waals surface area contributed by atoms with Crippen LogP contribution in [0.2, 0.25) is 5.02 Å². The minimum absolute atomic E-state index is 0.117. The molecule has 0 atom stereocenters. The molecule has 2 rings (SSSR count). The third kappa shape index (κ3) is 4.14. The normalized spacial score (nSPS) is 10.2. The molecular formula is C16H12ClNO5. The summed E-state index contributed by atoms with van der Waals surface area (Å²) < 4.78 is 4.91. The molecule has 0 aromatic heterocycles. The predicted octanol–water partition coefficient (Wildman–Crippen LogP) is 3.60. The van der Waals surface area contributed by atoms with E-state index in [9.17, 15) is 19.7 Å². The molecule has 0 N–H and O–H groups in total. The van der Waals surface area contributed by atoms with Crippen molar-refractivity contribution in [1.82, 2.24) is 0 Å². The van der Waals surface area contributed by atoms with Crippen molar-refractivity contribution >= 4 is 29.0 Å². The molecular weight excluding hydrogens is 322 g/mol. The molecule has 0 radical (unpaired) electrons. The second kappa shape index (κ2) is 7.02.